The Morgan fingerprint density at radius 1 is 1.10 bits per heavy atom. The number of alkyl halides is 3. The number of aromatic nitrogens is 5. The summed E-state index contributed by atoms with van der Waals surface area (Å²) in [5.74, 6) is 1.02. The number of pyridine rings is 2. The van der Waals surface area contributed by atoms with Crippen LogP contribution in [-0.4, -0.2) is 49.1 Å². The predicted molar refractivity (Wildman–Crippen MR) is 106 cm³/mol. The van der Waals surface area contributed by atoms with E-state index in [1.807, 2.05) is 17.0 Å². The molecule has 4 aromatic rings. The van der Waals surface area contributed by atoms with Crippen LogP contribution in [-0.2, 0) is 13.0 Å². The highest BCUT2D eigenvalue weighted by atomic mass is 19.4. The van der Waals surface area contributed by atoms with Gasteiger partial charge in [-0.05, 0) is 17.7 Å². The molecule has 0 bridgehead atoms. The third-order valence-corrected chi connectivity index (χ3v) is 5.23. The highest BCUT2D eigenvalue weighted by molar-refractivity contribution is 6.05. The van der Waals surface area contributed by atoms with Gasteiger partial charge >= 0.3 is 6.18 Å². The van der Waals surface area contributed by atoms with Crippen LogP contribution >= 0.6 is 0 Å². The Kier molecular flexibility index (Phi) is 4.50. The summed E-state index contributed by atoms with van der Waals surface area (Å²) >= 11 is 0. The fraction of sp³-hybridized carbons (Fsp3) is 0.300. The first-order valence-electron chi connectivity index (χ1n) is 9.58. The van der Waals surface area contributed by atoms with Crippen molar-refractivity contribution in [2.24, 2.45) is 0 Å². The second-order valence-corrected chi connectivity index (χ2v) is 7.32. The SMILES string of the molecule is FC(F)(F)CCN1CCc2nc(Nc3ncc4c(n3)[nH]c3cnccc34)ccc2C1. The Balaban J connectivity index is 1.32. The molecule has 5 heterocycles. The van der Waals surface area contributed by atoms with E-state index in [-0.39, 0.29) is 6.54 Å². The van der Waals surface area contributed by atoms with Gasteiger partial charge in [0.2, 0.25) is 5.95 Å². The van der Waals surface area contributed by atoms with E-state index in [9.17, 15) is 13.2 Å². The molecule has 30 heavy (non-hydrogen) atoms. The zero-order valence-corrected chi connectivity index (χ0v) is 15.9. The molecule has 1 aliphatic rings. The summed E-state index contributed by atoms with van der Waals surface area (Å²) in [6.45, 7) is 1.05. The second-order valence-electron chi connectivity index (χ2n) is 7.32. The molecule has 0 saturated carbocycles. The van der Waals surface area contributed by atoms with E-state index in [2.05, 4.69) is 30.2 Å². The molecule has 0 radical (unpaired) electrons. The van der Waals surface area contributed by atoms with E-state index >= 15 is 0 Å². The van der Waals surface area contributed by atoms with Crippen molar-refractivity contribution < 1.29 is 13.2 Å². The third kappa shape index (κ3) is 3.78. The van der Waals surface area contributed by atoms with Crippen molar-refractivity contribution in [1.29, 1.82) is 0 Å². The van der Waals surface area contributed by atoms with Gasteiger partial charge in [-0.25, -0.2) is 9.97 Å². The van der Waals surface area contributed by atoms with Crippen LogP contribution in [0.3, 0.4) is 0 Å². The van der Waals surface area contributed by atoms with Gasteiger partial charge in [0.1, 0.15) is 11.5 Å². The van der Waals surface area contributed by atoms with Gasteiger partial charge in [0.05, 0.1) is 18.1 Å². The molecule has 5 rings (SSSR count). The Bertz CT molecular complexity index is 1220. The number of anilines is 2. The average molecular weight is 413 g/mol. The molecule has 0 aliphatic carbocycles. The van der Waals surface area contributed by atoms with Crippen LogP contribution in [0.1, 0.15) is 17.7 Å². The van der Waals surface area contributed by atoms with E-state index in [1.165, 1.54) is 0 Å². The molecule has 4 aromatic heterocycles. The molecule has 0 aromatic carbocycles. The normalized spacial score (nSPS) is 14.9. The monoisotopic (exact) mass is 413 g/mol. The van der Waals surface area contributed by atoms with Crippen LogP contribution in [0.4, 0.5) is 24.9 Å². The molecule has 0 atom stereocenters. The first-order valence-corrected chi connectivity index (χ1v) is 9.58. The summed E-state index contributed by atoms with van der Waals surface area (Å²) < 4.78 is 37.4. The van der Waals surface area contributed by atoms with Gasteiger partial charge in [0.25, 0.3) is 0 Å². The standard InChI is InChI=1S/C20H18F3N7/c21-20(22,23)5-8-30-7-4-15-12(11-30)1-2-17(26-15)28-19-25-9-14-13-3-6-24-10-16(13)27-18(14)29-19/h1-3,6,9-10H,4-5,7-8,11H2,(H2,25,26,27,28,29). The largest absolute Gasteiger partial charge is 0.390 e. The Morgan fingerprint density at radius 3 is 2.87 bits per heavy atom. The molecule has 154 valence electrons. The predicted octanol–water partition coefficient (Wildman–Crippen LogP) is 3.96. The van der Waals surface area contributed by atoms with E-state index in [0.29, 0.717) is 36.9 Å². The van der Waals surface area contributed by atoms with Gasteiger partial charge in [0, 0.05) is 54.9 Å². The number of nitrogens with one attached hydrogen (secondary N) is 2. The number of nitrogens with zero attached hydrogens (tertiary/aromatic N) is 5. The molecule has 0 unspecified atom stereocenters. The summed E-state index contributed by atoms with van der Waals surface area (Å²) in [6, 6.07) is 5.61. The summed E-state index contributed by atoms with van der Waals surface area (Å²) in [4.78, 5) is 22.6. The van der Waals surface area contributed by atoms with Crippen LogP contribution < -0.4 is 5.32 Å². The van der Waals surface area contributed by atoms with Crippen molar-refractivity contribution in [3.63, 3.8) is 0 Å². The molecule has 2 N–H and O–H groups in total. The lowest BCUT2D eigenvalue weighted by atomic mass is 10.1. The maximum Gasteiger partial charge on any atom is 0.390 e. The van der Waals surface area contributed by atoms with Gasteiger partial charge in [0.15, 0.2) is 0 Å². The smallest absolute Gasteiger partial charge is 0.338 e. The summed E-state index contributed by atoms with van der Waals surface area (Å²) in [5.41, 5.74) is 3.43. The van der Waals surface area contributed by atoms with Gasteiger partial charge in [-0.2, -0.15) is 18.2 Å². The molecule has 7 nitrogen and oxygen atoms in total. The van der Waals surface area contributed by atoms with Crippen LogP contribution in [0, 0.1) is 0 Å². The van der Waals surface area contributed by atoms with Crippen molar-refractivity contribution >= 4 is 33.7 Å². The van der Waals surface area contributed by atoms with Gasteiger partial charge in [-0.15, -0.1) is 0 Å². The number of hydrogen-bond donors (Lipinski definition) is 2. The molecule has 10 heteroatoms. The average Bonchev–Trinajstić information content (AvgIpc) is 3.09. The Morgan fingerprint density at radius 2 is 2.00 bits per heavy atom. The molecule has 1 aliphatic heterocycles. The van der Waals surface area contributed by atoms with Gasteiger partial charge in [-0.1, -0.05) is 6.07 Å². The van der Waals surface area contributed by atoms with Crippen LogP contribution in [0.2, 0.25) is 0 Å². The van der Waals surface area contributed by atoms with Crippen molar-refractivity contribution in [3.05, 3.63) is 48.0 Å². The van der Waals surface area contributed by atoms with Crippen molar-refractivity contribution in [2.45, 2.75) is 25.6 Å². The number of hydrogen-bond acceptors (Lipinski definition) is 6. The fourth-order valence-corrected chi connectivity index (χ4v) is 3.73. The fourth-order valence-electron chi connectivity index (χ4n) is 3.73. The number of halogens is 3. The molecule has 0 saturated heterocycles. The lowest BCUT2D eigenvalue weighted by Gasteiger charge is -2.28. The maximum atomic E-state index is 12.5. The highest BCUT2D eigenvalue weighted by Crippen LogP contribution is 2.26. The zero-order chi connectivity index (χ0) is 20.7. The molecule has 0 spiro atoms. The topological polar surface area (TPSA) is 82.6 Å². The Hall–Kier alpha value is -3.27. The maximum absolute atomic E-state index is 12.5. The summed E-state index contributed by atoms with van der Waals surface area (Å²) in [5, 5.41) is 5.04. The van der Waals surface area contributed by atoms with E-state index < -0.39 is 12.6 Å². The highest BCUT2D eigenvalue weighted by Gasteiger charge is 2.29. The summed E-state index contributed by atoms with van der Waals surface area (Å²) in [6.07, 6.45) is 0.905. The molecular weight excluding hydrogens is 395 g/mol. The van der Waals surface area contributed by atoms with Crippen molar-refractivity contribution in [2.75, 3.05) is 18.4 Å². The van der Waals surface area contributed by atoms with E-state index in [4.69, 9.17) is 0 Å². The van der Waals surface area contributed by atoms with E-state index in [0.717, 1.165) is 27.5 Å². The second kappa shape index (κ2) is 7.21. The minimum Gasteiger partial charge on any atom is -0.338 e. The zero-order valence-electron chi connectivity index (χ0n) is 15.9. The lowest BCUT2D eigenvalue weighted by Crippen LogP contribution is -2.33. The quantitative estimate of drug-likeness (QED) is 0.527. The minimum atomic E-state index is -4.13. The minimum absolute atomic E-state index is 0.0107. The first-order chi connectivity index (χ1) is 14.4. The van der Waals surface area contributed by atoms with E-state index in [1.54, 1.807) is 24.7 Å². The third-order valence-electron chi connectivity index (χ3n) is 5.23. The van der Waals surface area contributed by atoms with Crippen molar-refractivity contribution in [1.82, 2.24) is 29.8 Å². The summed E-state index contributed by atoms with van der Waals surface area (Å²) in [7, 11) is 0. The van der Waals surface area contributed by atoms with Crippen LogP contribution in [0.15, 0.2) is 36.8 Å². The molecular formula is C20H18F3N7. The van der Waals surface area contributed by atoms with Crippen LogP contribution in [0.25, 0.3) is 21.9 Å². The van der Waals surface area contributed by atoms with Gasteiger partial charge in [-0.3, -0.25) is 9.88 Å². The van der Waals surface area contributed by atoms with Crippen LogP contribution in [0.5, 0.6) is 0 Å². The number of H-pyrrole nitrogens is 1. The molecule has 0 fully saturated rings. The first kappa shape index (κ1) is 18.7. The number of rotatable bonds is 4. The lowest BCUT2D eigenvalue weighted by molar-refractivity contribution is -0.138. The molecule has 0 amide bonds. The van der Waals surface area contributed by atoms with Gasteiger partial charge < -0.3 is 10.3 Å². The number of fused-ring (bicyclic) bond motifs is 4. The van der Waals surface area contributed by atoms with Crippen molar-refractivity contribution in [3.8, 4) is 0 Å². The number of aromatic amines is 1. The Labute approximate surface area is 169 Å².